The Labute approximate surface area is 182 Å². The molecule has 0 spiro atoms. The van der Waals surface area contributed by atoms with Crippen LogP contribution in [0.25, 0.3) is 10.2 Å². The molecule has 0 radical (unpaired) electrons. The van der Waals surface area contributed by atoms with Crippen molar-refractivity contribution < 1.29 is 23.1 Å². The van der Waals surface area contributed by atoms with E-state index in [1.54, 1.807) is 24.3 Å². The number of nitrogens with zero attached hydrogens (tertiary/aromatic N) is 3. The number of carbonyl (C=O) groups is 2. The molecule has 0 N–H and O–H groups in total. The monoisotopic (exact) mass is 445 g/mol. The Kier molecular flexibility index (Phi) is 6.35. The molecule has 1 amide bonds. The van der Waals surface area contributed by atoms with Gasteiger partial charge in [0.2, 0.25) is 0 Å². The molecule has 31 heavy (non-hydrogen) atoms. The van der Waals surface area contributed by atoms with Crippen LogP contribution in [0.2, 0.25) is 0 Å². The number of benzene rings is 2. The summed E-state index contributed by atoms with van der Waals surface area (Å²) in [4.78, 5) is 32.8. The Bertz CT molecular complexity index is 1110. The zero-order valence-electron chi connectivity index (χ0n) is 16.9. The third kappa shape index (κ3) is 4.79. The molecule has 162 valence electrons. The highest BCUT2D eigenvalue weighted by Crippen LogP contribution is 2.32. The Hall–Kier alpha value is -2.75. The van der Waals surface area contributed by atoms with E-state index < -0.39 is 11.6 Å². The second-order valence-corrected chi connectivity index (χ2v) is 8.28. The summed E-state index contributed by atoms with van der Waals surface area (Å²) in [6.45, 7) is 5.16. The molecular formula is C22H21F2N3O3S. The van der Waals surface area contributed by atoms with Gasteiger partial charge in [-0.2, -0.15) is 0 Å². The van der Waals surface area contributed by atoms with Crippen LogP contribution in [0.5, 0.6) is 0 Å². The third-order valence-corrected chi connectivity index (χ3v) is 6.19. The zero-order chi connectivity index (χ0) is 22.0. The molecule has 1 fully saturated rings. The van der Waals surface area contributed by atoms with Gasteiger partial charge in [-0.25, -0.2) is 13.8 Å². The van der Waals surface area contributed by atoms with Crippen LogP contribution < -0.4 is 4.90 Å². The van der Waals surface area contributed by atoms with Crippen molar-refractivity contribution in [3.05, 3.63) is 59.2 Å². The van der Waals surface area contributed by atoms with Gasteiger partial charge < -0.3 is 4.74 Å². The number of anilines is 1. The average Bonchev–Trinajstić information content (AvgIpc) is 3.18. The molecular weight excluding hydrogens is 424 g/mol. The first-order valence-corrected chi connectivity index (χ1v) is 10.7. The maximum absolute atomic E-state index is 14.2. The zero-order valence-corrected chi connectivity index (χ0v) is 17.8. The van der Waals surface area contributed by atoms with Gasteiger partial charge in [-0.15, -0.1) is 0 Å². The highest BCUT2D eigenvalue weighted by molar-refractivity contribution is 7.22. The fourth-order valence-electron chi connectivity index (χ4n) is 3.41. The second-order valence-electron chi connectivity index (χ2n) is 7.28. The summed E-state index contributed by atoms with van der Waals surface area (Å²) < 4.78 is 33.5. The molecule has 3 aromatic rings. The van der Waals surface area contributed by atoms with Gasteiger partial charge in [0.25, 0.3) is 5.91 Å². The Morgan fingerprint density at radius 3 is 2.48 bits per heavy atom. The summed E-state index contributed by atoms with van der Waals surface area (Å²) in [6, 6.07) is 8.38. The number of morpholine rings is 1. The molecule has 0 atom stereocenters. The van der Waals surface area contributed by atoms with E-state index in [0.717, 1.165) is 30.5 Å². The van der Waals surface area contributed by atoms with Gasteiger partial charge >= 0.3 is 0 Å². The van der Waals surface area contributed by atoms with Gasteiger partial charge in [0.05, 0.1) is 17.9 Å². The van der Waals surface area contributed by atoms with Gasteiger partial charge in [-0.1, -0.05) is 23.5 Å². The van der Waals surface area contributed by atoms with E-state index in [0.29, 0.717) is 47.3 Å². The molecule has 0 unspecified atom stereocenters. The minimum atomic E-state index is -0.760. The average molecular weight is 445 g/mol. The van der Waals surface area contributed by atoms with E-state index in [2.05, 4.69) is 9.88 Å². The van der Waals surface area contributed by atoms with E-state index in [9.17, 15) is 18.4 Å². The number of fused-ring (bicyclic) bond motifs is 1. The van der Waals surface area contributed by atoms with Crippen LogP contribution in [0, 0.1) is 11.6 Å². The van der Waals surface area contributed by atoms with Crippen molar-refractivity contribution in [2.45, 2.75) is 6.92 Å². The van der Waals surface area contributed by atoms with Gasteiger partial charge in [0.15, 0.2) is 16.7 Å². The van der Waals surface area contributed by atoms with E-state index >= 15 is 0 Å². The minimum absolute atomic E-state index is 0.0394. The first-order valence-electron chi connectivity index (χ1n) is 9.91. The number of thiazole rings is 1. The van der Waals surface area contributed by atoms with Crippen molar-refractivity contribution in [1.82, 2.24) is 9.88 Å². The number of Topliss-reactive ketones (excluding diaryl/α,β-unsaturated/α-hetero) is 1. The summed E-state index contributed by atoms with van der Waals surface area (Å²) in [7, 11) is 0. The Balaban J connectivity index is 1.65. The summed E-state index contributed by atoms with van der Waals surface area (Å²) in [5, 5.41) is 0.299. The van der Waals surface area contributed by atoms with Crippen LogP contribution in [0.15, 0.2) is 36.4 Å². The van der Waals surface area contributed by atoms with Crippen LogP contribution in [0.1, 0.15) is 27.6 Å². The molecule has 0 saturated carbocycles. The van der Waals surface area contributed by atoms with E-state index in [1.807, 2.05) is 0 Å². The molecule has 1 saturated heterocycles. The van der Waals surface area contributed by atoms with E-state index in [1.165, 1.54) is 17.9 Å². The van der Waals surface area contributed by atoms with Crippen LogP contribution in [-0.2, 0) is 4.74 Å². The number of ketones is 1. The maximum Gasteiger partial charge on any atom is 0.260 e. The maximum atomic E-state index is 14.2. The lowest BCUT2D eigenvalue weighted by molar-refractivity contribution is 0.0391. The second kappa shape index (κ2) is 9.17. The summed E-state index contributed by atoms with van der Waals surface area (Å²) in [5.41, 5.74) is 0.935. The largest absolute Gasteiger partial charge is 0.379 e. The number of rotatable bonds is 6. The Morgan fingerprint density at radius 1 is 1.13 bits per heavy atom. The van der Waals surface area contributed by atoms with Crippen LogP contribution >= 0.6 is 11.3 Å². The van der Waals surface area contributed by atoms with Crippen molar-refractivity contribution in [3.8, 4) is 0 Å². The molecule has 6 nitrogen and oxygen atoms in total. The smallest absolute Gasteiger partial charge is 0.260 e. The molecule has 1 aromatic heterocycles. The predicted molar refractivity (Wildman–Crippen MR) is 115 cm³/mol. The van der Waals surface area contributed by atoms with Gasteiger partial charge in [-0.05, 0) is 25.1 Å². The molecule has 1 aliphatic rings. The fraction of sp³-hybridized carbons (Fsp3) is 0.318. The lowest BCUT2D eigenvalue weighted by atomic mass is 10.1. The Morgan fingerprint density at radius 2 is 1.81 bits per heavy atom. The SMILES string of the molecule is CC(=O)c1ccc(C(=O)N(CCN2CCOCC2)c2nc3c(F)cc(F)cc3s2)cc1. The minimum Gasteiger partial charge on any atom is -0.379 e. The number of hydrogen-bond acceptors (Lipinski definition) is 6. The lowest BCUT2D eigenvalue weighted by Gasteiger charge is -2.29. The third-order valence-electron chi connectivity index (χ3n) is 5.16. The molecule has 1 aliphatic heterocycles. The molecule has 0 bridgehead atoms. The first kappa shape index (κ1) is 21.5. The number of halogens is 2. The van der Waals surface area contributed by atoms with Crippen molar-refractivity contribution in [3.63, 3.8) is 0 Å². The van der Waals surface area contributed by atoms with Gasteiger partial charge in [0, 0.05) is 43.4 Å². The van der Waals surface area contributed by atoms with Gasteiger partial charge in [0.1, 0.15) is 11.3 Å². The van der Waals surface area contributed by atoms with Crippen LogP contribution in [0.4, 0.5) is 13.9 Å². The highest BCUT2D eigenvalue weighted by atomic mass is 32.1. The fourth-order valence-corrected chi connectivity index (χ4v) is 4.44. The van der Waals surface area contributed by atoms with E-state index in [4.69, 9.17) is 4.74 Å². The van der Waals surface area contributed by atoms with Crippen molar-refractivity contribution >= 4 is 38.4 Å². The van der Waals surface area contributed by atoms with Gasteiger partial charge in [-0.3, -0.25) is 19.4 Å². The van der Waals surface area contributed by atoms with E-state index in [-0.39, 0.29) is 17.2 Å². The van der Waals surface area contributed by atoms with Crippen LogP contribution in [0.3, 0.4) is 0 Å². The highest BCUT2D eigenvalue weighted by Gasteiger charge is 2.24. The molecule has 9 heteroatoms. The molecule has 2 heterocycles. The molecule has 4 rings (SSSR count). The summed E-state index contributed by atoms with van der Waals surface area (Å²) >= 11 is 1.07. The summed E-state index contributed by atoms with van der Waals surface area (Å²) in [6.07, 6.45) is 0. The van der Waals surface area contributed by atoms with Crippen molar-refractivity contribution in [2.24, 2.45) is 0 Å². The number of hydrogen-bond donors (Lipinski definition) is 0. The quantitative estimate of drug-likeness (QED) is 0.541. The van der Waals surface area contributed by atoms with Crippen molar-refractivity contribution in [1.29, 1.82) is 0 Å². The standard InChI is InChI=1S/C22H21F2N3O3S/c1-14(28)15-2-4-16(5-3-15)21(29)27(7-6-26-8-10-30-11-9-26)22-25-20-18(24)12-17(23)13-19(20)31-22/h2-5,12-13H,6-11H2,1H3. The summed E-state index contributed by atoms with van der Waals surface area (Å²) in [5.74, 6) is -1.86. The first-order chi connectivity index (χ1) is 14.9. The predicted octanol–water partition coefficient (Wildman–Crippen LogP) is 3.76. The normalized spacial score (nSPS) is 14.7. The van der Waals surface area contributed by atoms with Crippen molar-refractivity contribution in [2.75, 3.05) is 44.3 Å². The number of ether oxygens (including phenoxy) is 1. The number of carbonyl (C=O) groups excluding carboxylic acids is 2. The number of aromatic nitrogens is 1. The molecule has 0 aliphatic carbocycles. The number of amides is 1. The topological polar surface area (TPSA) is 62.7 Å². The molecule has 2 aromatic carbocycles. The van der Waals surface area contributed by atoms with Crippen LogP contribution in [-0.4, -0.2) is 61.0 Å². The lowest BCUT2D eigenvalue weighted by Crippen LogP contribution is -2.43.